The summed E-state index contributed by atoms with van der Waals surface area (Å²) in [6.45, 7) is 4.08. The van der Waals surface area contributed by atoms with Gasteiger partial charge in [0.1, 0.15) is 5.82 Å². The minimum absolute atomic E-state index is 0.779. The monoisotopic (exact) mass is 331 g/mol. The van der Waals surface area contributed by atoms with Gasteiger partial charge in [0, 0.05) is 23.1 Å². The Morgan fingerprint density at radius 2 is 2.10 bits per heavy atom. The van der Waals surface area contributed by atoms with Crippen LogP contribution in [-0.2, 0) is 25.8 Å². The topological polar surface area (TPSA) is 37.8 Å². The lowest BCUT2D eigenvalue weighted by molar-refractivity contribution is 0.610. The summed E-state index contributed by atoms with van der Waals surface area (Å²) in [4.78, 5) is 9.55. The highest BCUT2D eigenvalue weighted by Crippen LogP contribution is 2.21. The summed E-state index contributed by atoms with van der Waals surface area (Å²) in [5, 5.41) is 3.40. The van der Waals surface area contributed by atoms with Gasteiger partial charge >= 0.3 is 0 Å². The van der Waals surface area contributed by atoms with Crippen molar-refractivity contribution >= 4 is 15.9 Å². The molecule has 0 amide bonds. The van der Waals surface area contributed by atoms with E-state index in [-0.39, 0.29) is 0 Å². The molecule has 0 fully saturated rings. The lowest BCUT2D eigenvalue weighted by atomic mass is 10.0. The van der Waals surface area contributed by atoms with Gasteiger partial charge in [-0.25, -0.2) is 9.97 Å². The van der Waals surface area contributed by atoms with E-state index in [0.29, 0.717) is 0 Å². The normalized spacial score (nSPS) is 14.1. The molecule has 2 aromatic rings. The van der Waals surface area contributed by atoms with Crippen molar-refractivity contribution in [3.8, 4) is 0 Å². The molecule has 3 nitrogen and oxygen atoms in total. The van der Waals surface area contributed by atoms with Gasteiger partial charge in [0.15, 0.2) is 0 Å². The Morgan fingerprint density at radius 1 is 1.25 bits per heavy atom. The number of aryl methyl sites for hydroxylation is 1. The summed E-state index contributed by atoms with van der Waals surface area (Å²) in [7, 11) is 0. The van der Waals surface area contributed by atoms with E-state index in [0.717, 1.165) is 42.6 Å². The first kappa shape index (κ1) is 13.7. The van der Waals surface area contributed by atoms with Crippen LogP contribution in [0.2, 0.25) is 0 Å². The van der Waals surface area contributed by atoms with E-state index in [2.05, 4.69) is 46.4 Å². The quantitative estimate of drug-likeness (QED) is 0.939. The zero-order valence-electron chi connectivity index (χ0n) is 11.6. The van der Waals surface area contributed by atoms with Crippen molar-refractivity contribution in [3.63, 3.8) is 0 Å². The fraction of sp³-hybridized carbons (Fsp3) is 0.375. The standard InChI is InChI=1S/C16H18BrN3/c1-2-14-12-7-8-18-10-15(12)20-16(19-14)9-11-5-3-4-6-13(11)17/h3-6,18H,2,7-10H2,1H3. The summed E-state index contributed by atoms with van der Waals surface area (Å²) in [6.07, 6.45) is 2.81. The van der Waals surface area contributed by atoms with E-state index >= 15 is 0 Å². The summed E-state index contributed by atoms with van der Waals surface area (Å²) in [6, 6.07) is 8.27. The number of nitrogens with zero attached hydrogens (tertiary/aromatic N) is 2. The van der Waals surface area contributed by atoms with Gasteiger partial charge in [0.05, 0.1) is 5.69 Å². The smallest absolute Gasteiger partial charge is 0.133 e. The highest BCUT2D eigenvalue weighted by atomic mass is 79.9. The van der Waals surface area contributed by atoms with Crippen LogP contribution in [0.4, 0.5) is 0 Å². The van der Waals surface area contributed by atoms with Crippen molar-refractivity contribution in [1.82, 2.24) is 15.3 Å². The molecule has 0 aliphatic carbocycles. The molecule has 1 aliphatic heterocycles. The number of rotatable bonds is 3. The fourth-order valence-corrected chi connectivity index (χ4v) is 3.10. The van der Waals surface area contributed by atoms with Crippen LogP contribution in [0.1, 0.15) is 35.3 Å². The average molecular weight is 332 g/mol. The molecule has 3 rings (SSSR count). The summed E-state index contributed by atoms with van der Waals surface area (Å²) >= 11 is 3.60. The molecule has 2 heterocycles. The Balaban J connectivity index is 1.96. The Hall–Kier alpha value is -1.26. The molecule has 20 heavy (non-hydrogen) atoms. The molecule has 4 heteroatoms. The molecule has 0 bridgehead atoms. The number of nitrogens with one attached hydrogen (secondary N) is 1. The molecule has 1 aliphatic rings. The molecule has 1 N–H and O–H groups in total. The van der Waals surface area contributed by atoms with Crippen LogP contribution in [0, 0.1) is 0 Å². The number of fused-ring (bicyclic) bond motifs is 1. The van der Waals surface area contributed by atoms with Crippen molar-refractivity contribution in [1.29, 1.82) is 0 Å². The van der Waals surface area contributed by atoms with Crippen LogP contribution >= 0.6 is 15.9 Å². The van der Waals surface area contributed by atoms with Crippen LogP contribution in [0.25, 0.3) is 0 Å². The lowest BCUT2D eigenvalue weighted by Gasteiger charge is -2.19. The maximum absolute atomic E-state index is 4.78. The number of aromatic nitrogens is 2. The molecule has 0 saturated heterocycles. The third-order valence-corrected chi connectivity index (χ3v) is 4.48. The SMILES string of the molecule is CCc1nc(Cc2ccccc2Br)nc2c1CCNC2. The van der Waals surface area contributed by atoms with E-state index < -0.39 is 0 Å². The number of halogens is 1. The molecule has 1 aromatic heterocycles. The first-order valence-corrected chi connectivity index (χ1v) is 7.89. The third-order valence-electron chi connectivity index (χ3n) is 3.71. The second kappa shape index (κ2) is 6.02. The molecular formula is C16H18BrN3. The predicted molar refractivity (Wildman–Crippen MR) is 83.8 cm³/mol. The Bertz CT molecular complexity index is 608. The highest BCUT2D eigenvalue weighted by Gasteiger charge is 2.16. The fourth-order valence-electron chi connectivity index (χ4n) is 2.68. The van der Waals surface area contributed by atoms with Gasteiger partial charge in [0.2, 0.25) is 0 Å². The van der Waals surface area contributed by atoms with Crippen LogP contribution in [0.3, 0.4) is 0 Å². The summed E-state index contributed by atoms with van der Waals surface area (Å²) in [5.41, 5.74) is 5.00. The van der Waals surface area contributed by atoms with Gasteiger partial charge in [0.25, 0.3) is 0 Å². The first-order chi connectivity index (χ1) is 9.78. The number of benzene rings is 1. The summed E-state index contributed by atoms with van der Waals surface area (Å²) < 4.78 is 1.12. The molecule has 0 unspecified atom stereocenters. The summed E-state index contributed by atoms with van der Waals surface area (Å²) in [5.74, 6) is 0.927. The van der Waals surface area contributed by atoms with E-state index in [1.807, 2.05) is 6.07 Å². The number of hydrogen-bond acceptors (Lipinski definition) is 3. The van der Waals surface area contributed by atoms with Crippen molar-refractivity contribution < 1.29 is 0 Å². The second-order valence-corrected chi connectivity index (χ2v) is 5.91. The average Bonchev–Trinajstić information content (AvgIpc) is 2.49. The highest BCUT2D eigenvalue weighted by molar-refractivity contribution is 9.10. The van der Waals surface area contributed by atoms with Crippen LogP contribution < -0.4 is 5.32 Å². The molecule has 1 aromatic carbocycles. The third kappa shape index (κ3) is 2.76. The van der Waals surface area contributed by atoms with Gasteiger partial charge < -0.3 is 5.32 Å². The lowest BCUT2D eigenvalue weighted by Crippen LogP contribution is -2.27. The van der Waals surface area contributed by atoms with Gasteiger partial charge in [-0.2, -0.15) is 0 Å². The van der Waals surface area contributed by atoms with E-state index in [1.54, 1.807) is 0 Å². The Labute approximate surface area is 128 Å². The molecule has 104 valence electrons. The van der Waals surface area contributed by atoms with Gasteiger partial charge in [-0.15, -0.1) is 0 Å². The molecule has 0 radical (unpaired) electrons. The van der Waals surface area contributed by atoms with Crippen LogP contribution in [-0.4, -0.2) is 16.5 Å². The van der Waals surface area contributed by atoms with Crippen molar-refractivity contribution in [2.24, 2.45) is 0 Å². The van der Waals surface area contributed by atoms with Gasteiger partial charge in [-0.05, 0) is 36.6 Å². The minimum Gasteiger partial charge on any atom is -0.311 e. The van der Waals surface area contributed by atoms with Gasteiger partial charge in [-0.1, -0.05) is 41.1 Å². The van der Waals surface area contributed by atoms with Crippen molar-refractivity contribution in [3.05, 3.63) is 57.1 Å². The van der Waals surface area contributed by atoms with Crippen molar-refractivity contribution in [2.75, 3.05) is 6.54 Å². The predicted octanol–water partition coefficient (Wildman–Crippen LogP) is 3.04. The van der Waals surface area contributed by atoms with Crippen LogP contribution in [0.15, 0.2) is 28.7 Å². The maximum Gasteiger partial charge on any atom is 0.133 e. The second-order valence-electron chi connectivity index (χ2n) is 5.06. The Kier molecular flexibility index (Phi) is 4.13. The zero-order valence-corrected chi connectivity index (χ0v) is 13.2. The van der Waals surface area contributed by atoms with Gasteiger partial charge in [-0.3, -0.25) is 0 Å². The van der Waals surface area contributed by atoms with Crippen molar-refractivity contribution in [2.45, 2.75) is 32.7 Å². The first-order valence-electron chi connectivity index (χ1n) is 7.09. The van der Waals surface area contributed by atoms with E-state index in [4.69, 9.17) is 9.97 Å². The number of hydrogen-bond donors (Lipinski definition) is 1. The molecule has 0 spiro atoms. The molecule has 0 atom stereocenters. The van der Waals surface area contributed by atoms with E-state index in [1.165, 1.54) is 22.5 Å². The molecular weight excluding hydrogens is 314 g/mol. The minimum atomic E-state index is 0.779. The molecule has 0 saturated carbocycles. The van der Waals surface area contributed by atoms with E-state index in [9.17, 15) is 0 Å². The maximum atomic E-state index is 4.78. The zero-order chi connectivity index (χ0) is 13.9. The Morgan fingerprint density at radius 3 is 2.90 bits per heavy atom. The van der Waals surface area contributed by atoms with Crippen LogP contribution in [0.5, 0.6) is 0 Å². The largest absolute Gasteiger partial charge is 0.311 e.